The highest BCUT2D eigenvalue weighted by Gasteiger charge is 2.25. The Labute approximate surface area is 259 Å². The monoisotopic (exact) mass is 623 g/mol. The Bertz CT molecular complexity index is 939. The summed E-state index contributed by atoms with van der Waals surface area (Å²) in [4.78, 5) is 34.3. The molecule has 0 saturated heterocycles. The predicted octanol–water partition coefficient (Wildman–Crippen LogP) is 7.59. The van der Waals surface area contributed by atoms with E-state index < -0.39 is 32.5 Å². The van der Waals surface area contributed by atoms with E-state index in [0.717, 1.165) is 25.7 Å². The molecule has 244 valence electrons. The van der Waals surface area contributed by atoms with Gasteiger partial charge in [-0.2, -0.15) is 0 Å². The lowest BCUT2D eigenvalue weighted by Gasteiger charge is -2.19. The van der Waals surface area contributed by atoms with Gasteiger partial charge in [-0.3, -0.25) is 18.6 Å². The van der Waals surface area contributed by atoms with Gasteiger partial charge in [-0.25, -0.2) is 4.57 Å². The molecule has 3 N–H and O–H groups in total. The average Bonchev–Trinajstić information content (AvgIpc) is 2.99. The smallest absolute Gasteiger partial charge is 0.461 e. The number of carbonyl (C=O) groups is 2. The lowest BCUT2D eigenvalue weighted by Crippen LogP contribution is -2.29. The summed E-state index contributed by atoms with van der Waals surface area (Å²) in [5.41, 5.74) is 5.29. The number of phosphoric ester groups is 1. The van der Waals surface area contributed by atoms with Crippen LogP contribution in [0.5, 0.6) is 0 Å². The van der Waals surface area contributed by atoms with E-state index in [-0.39, 0.29) is 32.6 Å². The first kappa shape index (κ1) is 40.5. The number of ether oxygens (including phenoxy) is 2. The number of esters is 2. The third kappa shape index (κ3) is 29.3. The van der Waals surface area contributed by atoms with Gasteiger partial charge in [0.1, 0.15) is 6.61 Å². The summed E-state index contributed by atoms with van der Waals surface area (Å²) >= 11 is 0. The van der Waals surface area contributed by atoms with Crippen LogP contribution in [0.15, 0.2) is 72.9 Å². The fraction of sp³-hybridized carbons (Fsp3) is 0.576. The van der Waals surface area contributed by atoms with E-state index >= 15 is 0 Å². The van der Waals surface area contributed by atoms with Crippen LogP contribution in [0.1, 0.15) is 90.9 Å². The van der Waals surface area contributed by atoms with Crippen LogP contribution < -0.4 is 5.73 Å². The molecule has 0 aliphatic rings. The minimum Gasteiger partial charge on any atom is -0.461 e. The molecule has 0 aliphatic heterocycles. The van der Waals surface area contributed by atoms with Gasteiger partial charge in [0.15, 0.2) is 6.10 Å². The van der Waals surface area contributed by atoms with Gasteiger partial charge in [-0.1, -0.05) is 112 Å². The van der Waals surface area contributed by atoms with Crippen molar-refractivity contribution < 1.29 is 37.6 Å². The molecule has 2 atom stereocenters. The molecule has 10 heteroatoms. The molecule has 0 rings (SSSR count). The number of allylic oxidation sites excluding steroid dienone is 10. The largest absolute Gasteiger partial charge is 0.472 e. The number of rotatable bonds is 27. The van der Waals surface area contributed by atoms with Crippen molar-refractivity contribution in [1.82, 2.24) is 0 Å². The van der Waals surface area contributed by atoms with Crippen molar-refractivity contribution in [2.75, 3.05) is 26.4 Å². The molecule has 0 aromatic carbocycles. The summed E-state index contributed by atoms with van der Waals surface area (Å²) in [6, 6.07) is 0. The molecule has 0 bridgehead atoms. The maximum atomic E-state index is 12.3. The minimum atomic E-state index is -4.40. The van der Waals surface area contributed by atoms with Gasteiger partial charge >= 0.3 is 19.8 Å². The first-order chi connectivity index (χ1) is 20.8. The third-order valence-corrected chi connectivity index (χ3v) is 6.61. The second kappa shape index (κ2) is 29.5. The molecule has 0 spiro atoms. The van der Waals surface area contributed by atoms with Crippen molar-refractivity contribution in [2.45, 2.75) is 97.0 Å². The summed E-state index contributed by atoms with van der Waals surface area (Å²) in [6.45, 7) is 3.35. The van der Waals surface area contributed by atoms with Crippen LogP contribution in [0.2, 0.25) is 0 Å². The standard InChI is InChI=1S/C33H54NO8P/c1-3-5-7-9-11-13-15-17-19-21-23-25-32(35)39-29-31(30-41-43(37,38)40-28-27-34)42-33(36)26-24-22-20-18-16-14-12-10-8-6-4-2/h9-12,15-18,21-24,31H,3-8,13-14,19-20,25-30,34H2,1-2H3,(H,37,38)/t31-/m1/s1. The van der Waals surface area contributed by atoms with Gasteiger partial charge in [-0.05, 0) is 38.5 Å². The summed E-state index contributed by atoms with van der Waals surface area (Å²) in [5, 5.41) is 0. The zero-order valence-electron chi connectivity index (χ0n) is 26.1. The maximum Gasteiger partial charge on any atom is 0.472 e. The second-order valence-electron chi connectivity index (χ2n) is 9.65. The third-order valence-electron chi connectivity index (χ3n) is 5.63. The van der Waals surface area contributed by atoms with Gasteiger partial charge in [-0.15, -0.1) is 0 Å². The quantitative estimate of drug-likeness (QED) is 0.0411. The summed E-state index contributed by atoms with van der Waals surface area (Å²) in [5.74, 6) is -1.12. The Morgan fingerprint density at radius 1 is 0.698 bits per heavy atom. The van der Waals surface area contributed by atoms with E-state index in [2.05, 4.69) is 50.3 Å². The molecule has 0 heterocycles. The van der Waals surface area contributed by atoms with Crippen LogP contribution in [0, 0.1) is 0 Å². The van der Waals surface area contributed by atoms with Crippen molar-refractivity contribution >= 4 is 19.8 Å². The number of hydrogen-bond acceptors (Lipinski definition) is 8. The molecule has 0 aliphatic carbocycles. The van der Waals surface area contributed by atoms with Crippen LogP contribution in [0.3, 0.4) is 0 Å². The van der Waals surface area contributed by atoms with E-state index in [1.54, 1.807) is 12.2 Å². The van der Waals surface area contributed by atoms with Crippen LogP contribution in [0.25, 0.3) is 0 Å². The molecule has 1 unspecified atom stereocenters. The molecule has 0 saturated carbocycles. The fourth-order valence-electron chi connectivity index (χ4n) is 3.30. The normalized spacial score (nSPS) is 14.6. The lowest BCUT2D eigenvalue weighted by atomic mass is 10.2. The first-order valence-electron chi connectivity index (χ1n) is 15.4. The minimum absolute atomic E-state index is 0.0134. The van der Waals surface area contributed by atoms with Crippen LogP contribution in [-0.4, -0.2) is 49.3 Å². The molecule has 0 aromatic heterocycles. The highest BCUT2D eigenvalue weighted by Crippen LogP contribution is 2.43. The number of phosphoric acid groups is 1. The molecule has 0 amide bonds. The summed E-state index contributed by atoms with van der Waals surface area (Å²) < 4.78 is 32.2. The second-order valence-corrected chi connectivity index (χ2v) is 11.1. The van der Waals surface area contributed by atoms with Gasteiger partial charge in [0.2, 0.25) is 0 Å². The number of nitrogens with two attached hydrogens (primary N) is 1. The van der Waals surface area contributed by atoms with Gasteiger partial charge in [0.05, 0.1) is 26.1 Å². The maximum absolute atomic E-state index is 12.3. The zero-order chi connectivity index (χ0) is 31.9. The van der Waals surface area contributed by atoms with Crippen molar-refractivity contribution in [3.8, 4) is 0 Å². The fourth-order valence-corrected chi connectivity index (χ4v) is 4.07. The lowest BCUT2D eigenvalue weighted by molar-refractivity contribution is -0.160. The average molecular weight is 624 g/mol. The summed E-state index contributed by atoms with van der Waals surface area (Å²) in [7, 11) is -4.40. The van der Waals surface area contributed by atoms with Gasteiger partial charge in [0, 0.05) is 6.54 Å². The Morgan fingerprint density at radius 3 is 1.65 bits per heavy atom. The topological polar surface area (TPSA) is 134 Å². The van der Waals surface area contributed by atoms with E-state index in [1.807, 2.05) is 24.3 Å². The Balaban J connectivity index is 4.63. The van der Waals surface area contributed by atoms with Gasteiger partial charge < -0.3 is 20.1 Å². The molecule has 0 fully saturated rings. The zero-order valence-corrected chi connectivity index (χ0v) is 27.0. The Hall–Kier alpha value is -2.55. The Morgan fingerprint density at radius 2 is 1.16 bits per heavy atom. The molecule has 0 radical (unpaired) electrons. The number of carbonyl (C=O) groups excluding carboxylic acids is 2. The van der Waals surface area contributed by atoms with Crippen molar-refractivity contribution in [3.05, 3.63) is 72.9 Å². The highest BCUT2D eigenvalue weighted by atomic mass is 31.2. The van der Waals surface area contributed by atoms with Crippen LogP contribution >= 0.6 is 7.82 Å². The van der Waals surface area contributed by atoms with Crippen molar-refractivity contribution in [2.24, 2.45) is 5.73 Å². The molecule has 9 nitrogen and oxygen atoms in total. The van der Waals surface area contributed by atoms with E-state index in [1.165, 1.54) is 25.7 Å². The summed E-state index contributed by atoms with van der Waals surface area (Å²) in [6.07, 6.45) is 32.9. The van der Waals surface area contributed by atoms with Crippen LogP contribution in [-0.2, 0) is 32.7 Å². The predicted molar refractivity (Wildman–Crippen MR) is 173 cm³/mol. The highest BCUT2D eigenvalue weighted by molar-refractivity contribution is 7.47. The molecule has 43 heavy (non-hydrogen) atoms. The SMILES string of the molecule is CCCCC=CCC=CCC=CCC(=O)OC[C@H](COP(=O)(O)OCCN)OC(=O)CC=CCC=CCC=CCCCC. The van der Waals surface area contributed by atoms with E-state index in [9.17, 15) is 19.0 Å². The van der Waals surface area contributed by atoms with Crippen molar-refractivity contribution in [3.63, 3.8) is 0 Å². The first-order valence-corrected chi connectivity index (χ1v) is 16.9. The van der Waals surface area contributed by atoms with E-state index in [0.29, 0.717) is 12.8 Å². The molecular formula is C33H54NO8P. The molecular weight excluding hydrogens is 569 g/mol. The van der Waals surface area contributed by atoms with Gasteiger partial charge in [0.25, 0.3) is 0 Å². The Kier molecular flexibility index (Phi) is 27.8. The molecule has 0 aromatic rings. The van der Waals surface area contributed by atoms with Crippen LogP contribution in [0.4, 0.5) is 0 Å². The van der Waals surface area contributed by atoms with E-state index in [4.69, 9.17) is 24.3 Å². The number of unbranched alkanes of at least 4 members (excludes halogenated alkanes) is 4. The number of hydrogen-bond donors (Lipinski definition) is 2. The van der Waals surface area contributed by atoms with Crippen molar-refractivity contribution in [1.29, 1.82) is 0 Å².